The molecule has 0 fully saturated rings. The first-order chi connectivity index (χ1) is 16.2. The molecule has 0 bridgehead atoms. The normalized spacial score (nSPS) is 11.2. The van der Waals surface area contributed by atoms with E-state index in [1.807, 2.05) is 86.5 Å². The molecule has 0 unspecified atom stereocenters. The molecule has 3 aromatic rings. The Morgan fingerprint density at radius 3 is 1.32 bits per heavy atom. The van der Waals surface area contributed by atoms with Crippen LogP contribution in [0.25, 0.3) is 12.2 Å². The Balaban J connectivity index is 1.79. The fourth-order valence-electron chi connectivity index (χ4n) is 3.51. The molecule has 0 radical (unpaired) electrons. The summed E-state index contributed by atoms with van der Waals surface area (Å²) in [5.41, 5.74) is 6.11. The third-order valence-electron chi connectivity index (χ3n) is 5.61. The van der Waals surface area contributed by atoms with Crippen molar-refractivity contribution in [3.05, 3.63) is 100 Å². The first kappa shape index (κ1) is 24.6. The number of pyridine rings is 1. The van der Waals surface area contributed by atoms with E-state index in [2.05, 4.69) is 4.98 Å². The van der Waals surface area contributed by atoms with E-state index in [1.165, 1.54) is 12.2 Å². The molecule has 0 N–H and O–H groups in total. The predicted molar refractivity (Wildman–Crippen MR) is 142 cm³/mol. The minimum absolute atomic E-state index is 0.181. The van der Waals surface area contributed by atoms with Crippen LogP contribution in [-0.2, 0) is 0 Å². The highest BCUT2D eigenvalue weighted by atomic mass is 16.1. The number of rotatable bonds is 8. The molecular formula is C29H31N3O2. The van der Waals surface area contributed by atoms with Crippen LogP contribution >= 0.6 is 0 Å². The van der Waals surface area contributed by atoms with Crippen LogP contribution in [0.5, 0.6) is 0 Å². The lowest BCUT2D eigenvalue weighted by molar-refractivity contribution is 0.104. The first-order valence-electron chi connectivity index (χ1n) is 11.1. The Hall–Kier alpha value is -3.99. The number of aryl methyl sites for hydroxylation is 2. The summed E-state index contributed by atoms with van der Waals surface area (Å²) >= 11 is 0. The smallest absolute Gasteiger partial charge is 0.187 e. The van der Waals surface area contributed by atoms with Crippen molar-refractivity contribution in [3.8, 4) is 0 Å². The van der Waals surface area contributed by atoms with Crippen LogP contribution < -0.4 is 9.80 Å². The van der Waals surface area contributed by atoms with Gasteiger partial charge in [-0.15, -0.1) is 0 Å². The fourth-order valence-corrected chi connectivity index (χ4v) is 3.51. The number of ketones is 2. The van der Waals surface area contributed by atoms with Crippen LogP contribution in [0.15, 0.2) is 66.7 Å². The average Bonchev–Trinajstić information content (AvgIpc) is 2.81. The fraction of sp³-hybridized carbons (Fsp3) is 0.207. The molecule has 2 aromatic carbocycles. The summed E-state index contributed by atoms with van der Waals surface area (Å²) in [6, 6.07) is 17.5. The van der Waals surface area contributed by atoms with E-state index in [0.717, 1.165) is 22.5 Å². The molecule has 0 atom stereocenters. The van der Waals surface area contributed by atoms with Gasteiger partial charge in [-0.25, -0.2) is 0 Å². The number of nitrogens with zero attached hydrogens (tertiary/aromatic N) is 3. The van der Waals surface area contributed by atoms with E-state index in [9.17, 15) is 9.59 Å². The van der Waals surface area contributed by atoms with Gasteiger partial charge < -0.3 is 9.80 Å². The van der Waals surface area contributed by atoms with Crippen molar-refractivity contribution in [1.82, 2.24) is 4.98 Å². The van der Waals surface area contributed by atoms with Gasteiger partial charge in [0, 0.05) is 62.1 Å². The molecule has 0 saturated heterocycles. The number of benzene rings is 2. The van der Waals surface area contributed by atoms with Crippen LogP contribution in [-0.4, -0.2) is 44.7 Å². The van der Waals surface area contributed by atoms with Gasteiger partial charge >= 0.3 is 0 Å². The number of allylic oxidation sites excluding steroid dienone is 2. The van der Waals surface area contributed by atoms with E-state index in [-0.39, 0.29) is 11.6 Å². The van der Waals surface area contributed by atoms with Crippen molar-refractivity contribution in [2.45, 2.75) is 13.8 Å². The van der Waals surface area contributed by atoms with Gasteiger partial charge in [0.05, 0.1) is 0 Å². The van der Waals surface area contributed by atoms with Crippen LogP contribution in [0.2, 0.25) is 0 Å². The monoisotopic (exact) mass is 453 g/mol. The molecule has 3 rings (SSSR count). The zero-order chi connectivity index (χ0) is 24.8. The van der Waals surface area contributed by atoms with E-state index >= 15 is 0 Å². The van der Waals surface area contributed by atoms with Crippen molar-refractivity contribution in [1.29, 1.82) is 0 Å². The van der Waals surface area contributed by atoms with Crippen LogP contribution in [0.4, 0.5) is 11.4 Å². The Morgan fingerprint density at radius 1 is 0.647 bits per heavy atom. The van der Waals surface area contributed by atoms with Gasteiger partial charge in [0.2, 0.25) is 0 Å². The summed E-state index contributed by atoms with van der Waals surface area (Å²) < 4.78 is 0. The molecule has 34 heavy (non-hydrogen) atoms. The molecule has 174 valence electrons. The SMILES string of the molecule is Cc1nc(C)c(C(=O)C=Cc2ccc(N(C)C)cc2)cc1C(=O)C=Cc1ccc(N(C)C)cc1. The number of anilines is 2. The summed E-state index contributed by atoms with van der Waals surface area (Å²) in [6.07, 6.45) is 6.61. The number of carbonyl (C=O) groups is 2. The van der Waals surface area contributed by atoms with Gasteiger partial charge in [0.15, 0.2) is 11.6 Å². The number of aromatic nitrogens is 1. The molecule has 0 saturated carbocycles. The minimum Gasteiger partial charge on any atom is -0.378 e. The average molecular weight is 454 g/mol. The lowest BCUT2D eigenvalue weighted by atomic mass is 10.0. The molecule has 0 spiro atoms. The number of carbonyl (C=O) groups excluding carboxylic acids is 2. The van der Waals surface area contributed by atoms with Crippen LogP contribution in [0.1, 0.15) is 43.2 Å². The summed E-state index contributed by atoms with van der Waals surface area (Å²) in [7, 11) is 7.93. The Morgan fingerprint density at radius 2 is 1.00 bits per heavy atom. The van der Waals surface area contributed by atoms with Gasteiger partial charge in [0.1, 0.15) is 0 Å². The molecule has 0 aliphatic rings. The Bertz CT molecular complexity index is 1140. The van der Waals surface area contributed by atoms with Crippen molar-refractivity contribution < 1.29 is 9.59 Å². The van der Waals surface area contributed by atoms with Crippen LogP contribution in [0.3, 0.4) is 0 Å². The van der Waals surface area contributed by atoms with E-state index in [4.69, 9.17) is 0 Å². The number of hydrogen-bond donors (Lipinski definition) is 0. The maximum atomic E-state index is 12.9. The van der Waals surface area contributed by atoms with Crippen molar-refractivity contribution in [2.75, 3.05) is 38.0 Å². The van der Waals surface area contributed by atoms with Gasteiger partial charge in [-0.05, 0) is 67.5 Å². The zero-order valence-electron chi connectivity index (χ0n) is 20.7. The zero-order valence-corrected chi connectivity index (χ0v) is 20.7. The maximum absolute atomic E-state index is 12.9. The third-order valence-corrected chi connectivity index (χ3v) is 5.61. The molecule has 1 aromatic heterocycles. The highest BCUT2D eigenvalue weighted by Crippen LogP contribution is 2.18. The van der Waals surface area contributed by atoms with E-state index in [0.29, 0.717) is 22.5 Å². The molecule has 5 nitrogen and oxygen atoms in total. The highest BCUT2D eigenvalue weighted by molar-refractivity contribution is 6.12. The van der Waals surface area contributed by atoms with Gasteiger partial charge in [-0.1, -0.05) is 36.4 Å². The predicted octanol–water partition coefficient (Wildman–Crippen LogP) is 5.62. The summed E-state index contributed by atoms with van der Waals surface area (Å²) in [4.78, 5) is 34.3. The highest BCUT2D eigenvalue weighted by Gasteiger charge is 2.15. The summed E-state index contributed by atoms with van der Waals surface area (Å²) in [6.45, 7) is 3.58. The number of hydrogen-bond acceptors (Lipinski definition) is 5. The quantitative estimate of drug-likeness (QED) is 0.327. The minimum atomic E-state index is -0.181. The van der Waals surface area contributed by atoms with Crippen LogP contribution in [0, 0.1) is 13.8 Å². The molecule has 5 heteroatoms. The second kappa shape index (κ2) is 10.8. The third kappa shape index (κ3) is 6.07. The molecule has 1 heterocycles. The second-order valence-electron chi connectivity index (χ2n) is 8.62. The first-order valence-corrected chi connectivity index (χ1v) is 11.1. The van der Waals surface area contributed by atoms with E-state index < -0.39 is 0 Å². The maximum Gasteiger partial charge on any atom is 0.187 e. The Labute approximate surface area is 202 Å². The van der Waals surface area contributed by atoms with Crippen molar-refractivity contribution in [2.24, 2.45) is 0 Å². The molecule has 0 aliphatic carbocycles. The van der Waals surface area contributed by atoms with Crippen molar-refractivity contribution in [3.63, 3.8) is 0 Å². The molecule has 0 aliphatic heterocycles. The lowest BCUT2D eigenvalue weighted by Crippen LogP contribution is -2.08. The second-order valence-corrected chi connectivity index (χ2v) is 8.62. The van der Waals surface area contributed by atoms with Gasteiger partial charge in [-0.2, -0.15) is 0 Å². The summed E-state index contributed by atoms with van der Waals surface area (Å²) in [5.74, 6) is -0.363. The Kier molecular flexibility index (Phi) is 7.79. The largest absolute Gasteiger partial charge is 0.378 e. The lowest BCUT2D eigenvalue weighted by Gasteiger charge is -2.12. The van der Waals surface area contributed by atoms with E-state index in [1.54, 1.807) is 32.1 Å². The van der Waals surface area contributed by atoms with Gasteiger partial charge in [0.25, 0.3) is 0 Å². The van der Waals surface area contributed by atoms with Crippen molar-refractivity contribution >= 4 is 35.1 Å². The summed E-state index contributed by atoms with van der Waals surface area (Å²) in [5, 5.41) is 0. The molecule has 0 amide bonds. The van der Waals surface area contributed by atoms with Gasteiger partial charge in [-0.3, -0.25) is 14.6 Å². The standard InChI is InChI=1S/C29H31N3O2/c1-20-26(28(33)17-11-22-7-13-24(14-8-22)31(3)4)19-27(21(2)30-20)29(34)18-12-23-9-15-25(16-10-23)32(5)6/h7-19H,1-6H3. The topological polar surface area (TPSA) is 53.5 Å². The molecular weight excluding hydrogens is 422 g/mol.